The van der Waals surface area contributed by atoms with Crippen LogP contribution in [-0.4, -0.2) is 48.9 Å². The van der Waals surface area contributed by atoms with E-state index in [0.717, 1.165) is 0 Å². The van der Waals surface area contributed by atoms with E-state index in [2.05, 4.69) is 13.8 Å². The van der Waals surface area contributed by atoms with Gasteiger partial charge in [-0.2, -0.15) is 0 Å². The monoisotopic (exact) mass is 284 g/mol. The number of nitrogens with zero attached hydrogens (tertiary/aromatic N) is 1. The van der Waals surface area contributed by atoms with Crippen molar-refractivity contribution in [3.63, 3.8) is 0 Å². The summed E-state index contributed by atoms with van der Waals surface area (Å²) < 4.78 is 11.3. The molecular weight excluding hydrogens is 256 g/mol. The minimum atomic E-state index is -0.455. The highest BCUT2D eigenvalue weighted by Crippen LogP contribution is 2.60. The number of hydrogen-bond donors (Lipinski definition) is 1. The quantitative estimate of drug-likeness (QED) is 0.840. The summed E-state index contributed by atoms with van der Waals surface area (Å²) in [4.78, 5) is 13.9. The molecule has 1 aliphatic heterocycles. The van der Waals surface area contributed by atoms with E-state index >= 15 is 0 Å². The smallest absolute Gasteiger partial charge is 0.410 e. The zero-order valence-corrected chi connectivity index (χ0v) is 13.3. The van der Waals surface area contributed by atoms with E-state index < -0.39 is 5.60 Å². The summed E-state index contributed by atoms with van der Waals surface area (Å²) in [5.74, 6) is 0.934. The third kappa shape index (κ3) is 3.09. The molecule has 0 aromatic heterocycles. The Morgan fingerprint density at radius 3 is 2.60 bits per heavy atom. The van der Waals surface area contributed by atoms with E-state index in [0.29, 0.717) is 38.1 Å². The van der Waals surface area contributed by atoms with Crippen LogP contribution in [0.25, 0.3) is 0 Å². The highest BCUT2D eigenvalue weighted by Gasteiger charge is 2.61. The molecule has 1 heterocycles. The largest absolute Gasteiger partial charge is 0.444 e. The topological polar surface area (TPSA) is 64.8 Å². The van der Waals surface area contributed by atoms with E-state index in [9.17, 15) is 4.79 Å². The number of carbonyl (C=O) groups excluding carboxylic acids is 1. The van der Waals surface area contributed by atoms with Gasteiger partial charge >= 0.3 is 6.09 Å². The fourth-order valence-electron chi connectivity index (χ4n) is 3.36. The van der Waals surface area contributed by atoms with E-state index in [-0.39, 0.29) is 17.6 Å². The Kier molecular flexibility index (Phi) is 4.04. The van der Waals surface area contributed by atoms with Crippen molar-refractivity contribution in [2.45, 2.75) is 46.3 Å². The molecule has 1 amide bonds. The summed E-state index contributed by atoms with van der Waals surface area (Å²) in [5.41, 5.74) is 5.59. The van der Waals surface area contributed by atoms with Gasteiger partial charge in [0.25, 0.3) is 0 Å². The molecule has 2 aliphatic rings. The highest BCUT2D eigenvalue weighted by molar-refractivity contribution is 5.68. The number of hydrogen-bond acceptors (Lipinski definition) is 4. The van der Waals surface area contributed by atoms with E-state index in [1.807, 2.05) is 20.8 Å². The number of rotatable bonds is 2. The average molecular weight is 284 g/mol. The van der Waals surface area contributed by atoms with Crippen molar-refractivity contribution >= 4 is 6.09 Å². The Balaban J connectivity index is 1.95. The van der Waals surface area contributed by atoms with Gasteiger partial charge < -0.3 is 20.1 Å². The average Bonchev–Trinajstić information content (AvgIpc) is 2.89. The Bertz CT molecular complexity index is 376. The molecule has 20 heavy (non-hydrogen) atoms. The molecule has 1 aliphatic carbocycles. The van der Waals surface area contributed by atoms with Crippen LogP contribution in [0.1, 0.15) is 34.6 Å². The second-order valence-corrected chi connectivity index (χ2v) is 7.52. The van der Waals surface area contributed by atoms with Crippen molar-refractivity contribution in [3.8, 4) is 0 Å². The van der Waals surface area contributed by atoms with E-state index in [4.69, 9.17) is 15.2 Å². The molecule has 2 N–H and O–H groups in total. The van der Waals surface area contributed by atoms with Gasteiger partial charge in [0.05, 0.1) is 19.3 Å². The van der Waals surface area contributed by atoms with Crippen LogP contribution in [0.2, 0.25) is 0 Å². The molecule has 5 nitrogen and oxygen atoms in total. The zero-order valence-electron chi connectivity index (χ0n) is 13.3. The normalized spacial score (nSPS) is 32.9. The molecule has 3 atom stereocenters. The minimum absolute atomic E-state index is 0.0832. The summed E-state index contributed by atoms with van der Waals surface area (Å²) in [7, 11) is 0. The fourth-order valence-corrected chi connectivity index (χ4v) is 3.36. The lowest BCUT2D eigenvalue weighted by Gasteiger charge is -2.35. The van der Waals surface area contributed by atoms with Crippen molar-refractivity contribution in [3.05, 3.63) is 0 Å². The SMILES string of the molecule is CC(C)(C)OC(=O)N1CCOC([C@H]2[C@H](CN)C2(C)C)C1. The molecule has 0 spiro atoms. The molecular formula is C15H28N2O3. The van der Waals surface area contributed by atoms with Crippen LogP contribution < -0.4 is 5.73 Å². The van der Waals surface area contributed by atoms with Gasteiger partial charge in [0.2, 0.25) is 0 Å². The first-order valence-corrected chi connectivity index (χ1v) is 7.46. The minimum Gasteiger partial charge on any atom is -0.444 e. The lowest BCUT2D eigenvalue weighted by Crippen LogP contribution is -2.48. The molecule has 1 saturated heterocycles. The van der Waals surface area contributed by atoms with Crippen LogP contribution in [0.15, 0.2) is 0 Å². The number of amides is 1. The maximum Gasteiger partial charge on any atom is 0.410 e. The molecule has 5 heteroatoms. The van der Waals surface area contributed by atoms with Crippen molar-refractivity contribution < 1.29 is 14.3 Å². The third-order valence-corrected chi connectivity index (χ3v) is 4.54. The number of ether oxygens (including phenoxy) is 2. The van der Waals surface area contributed by atoms with Crippen LogP contribution in [0.4, 0.5) is 4.79 Å². The summed E-state index contributed by atoms with van der Waals surface area (Å²) >= 11 is 0. The Morgan fingerprint density at radius 2 is 2.10 bits per heavy atom. The Morgan fingerprint density at radius 1 is 1.45 bits per heavy atom. The van der Waals surface area contributed by atoms with Crippen molar-refractivity contribution in [2.24, 2.45) is 23.0 Å². The van der Waals surface area contributed by atoms with E-state index in [1.165, 1.54) is 0 Å². The Labute approximate surface area is 121 Å². The first-order chi connectivity index (χ1) is 9.16. The molecule has 116 valence electrons. The van der Waals surface area contributed by atoms with Crippen molar-refractivity contribution in [1.82, 2.24) is 4.90 Å². The number of nitrogens with two attached hydrogens (primary N) is 1. The molecule has 1 unspecified atom stereocenters. The number of morpholine rings is 1. The standard InChI is InChI=1S/C15H28N2O3/c1-14(2,3)20-13(18)17-6-7-19-11(9-17)12-10(8-16)15(12,4)5/h10-12H,6-9,16H2,1-5H3/t10-,11?,12+/m0/s1. The molecule has 2 fully saturated rings. The first-order valence-electron chi connectivity index (χ1n) is 7.46. The maximum atomic E-state index is 12.1. The van der Waals surface area contributed by atoms with Gasteiger partial charge in [0.15, 0.2) is 0 Å². The van der Waals surface area contributed by atoms with Gasteiger partial charge in [-0.05, 0) is 44.6 Å². The molecule has 0 bridgehead atoms. The molecule has 0 aromatic carbocycles. The lowest BCUT2D eigenvalue weighted by molar-refractivity contribution is -0.0545. The van der Waals surface area contributed by atoms with Crippen LogP contribution in [0, 0.1) is 17.3 Å². The van der Waals surface area contributed by atoms with Crippen LogP contribution in [0.5, 0.6) is 0 Å². The second-order valence-electron chi connectivity index (χ2n) is 7.52. The van der Waals surface area contributed by atoms with Gasteiger partial charge in [-0.3, -0.25) is 0 Å². The van der Waals surface area contributed by atoms with Gasteiger partial charge in [-0.1, -0.05) is 13.8 Å². The van der Waals surface area contributed by atoms with Gasteiger partial charge in [-0.15, -0.1) is 0 Å². The third-order valence-electron chi connectivity index (χ3n) is 4.54. The predicted octanol–water partition coefficient (Wildman–Crippen LogP) is 1.85. The molecule has 1 saturated carbocycles. The zero-order chi connectivity index (χ0) is 15.1. The molecule has 2 rings (SSSR count). The van der Waals surface area contributed by atoms with Gasteiger partial charge in [0, 0.05) is 6.54 Å². The summed E-state index contributed by atoms with van der Waals surface area (Å²) in [6.45, 7) is 12.6. The first kappa shape index (κ1) is 15.6. The van der Waals surface area contributed by atoms with Gasteiger partial charge in [0.1, 0.15) is 5.60 Å². The highest BCUT2D eigenvalue weighted by atomic mass is 16.6. The number of carbonyl (C=O) groups is 1. The molecule has 0 radical (unpaired) electrons. The Hall–Kier alpha value is -0.810. The van der Waals surface area contributed by atoms with Crippen LogP contribution >= 0.6 is 0 Å². The summed E-state index contributed by atoms with van der Waals surface area (Å²) in [6.07, 6.45) is -0.159. The van der Waals surface area contributed by atoms with Crippen molar-refractivity contribution in [2.75, 3.05) is 26.2 Å². The van der Waals surface area contributed by atoms with Crippen LogP contribution in [0.3, 0.4) is 0 Å². The summed E-state index contributed by atoms with van der Waals surface area (Å²) in [6, 6.07) is 0. The predicted molar refractivity (Wildman–Crippen MR) is 77.4 cm³/mol. The van der Waals surface area contributed by atoms with Crippen LogP contribution in [-0.2, 0) is 9.47 Å². The lowest BCUT2D eigenvalue weighted by atomic mass is 10.0. The molecule has 0 aromatic rings. The van der Waals surface area contributed by atoms with E-state index in [1.54, 1.807) is 4.90 Å². The van der Waals surface area contributed by atoms with Gasteiger partial charge in [-0.25, -0.2) is 4.79 Å². The summed E-state index contributed by atoms with van der Waals surface area (Å²) in [5, 5.41) is 0. The maximum absolute atomic E-state index is 12.1. The second kappa shape index (κ2) is 5.19. The van der Waals surface area contributed by atoms with Crippen molar-refractivity contribution in [1.29, 1.82) is 0 Å². The fraction of sp³-hybridized carbons (Fsp3) is 0.933.